The van der Waals surface area contributed by atoms with Crippen molar-refractivity contribution in [1.29, 1.82) is 0 Å². The van der Waals surface area contributed by atoms with E-state index < -0.39 is 0 Å². The van der Waals surface area contributed by atoms with Crippen molar-refractivity contribution >= 4 is 21.8 Å². The predicted molar refractivity (Wildman–Crippen MR) is 88.8 cm³/mol. The van der Waals surface area contributed by atoms with E-state index in [9.17, 15) is 0 Å². The number of nitrogens with zero attached hydrogens (tertiary/aromatic N) is 3. The van der Waals surface area contributed by atoms with E-state index in [0.29, 0.717) is 0 Å². The molecule has 0 aliphatic heterocycles. The van der Waals surface area contributed by atoms with Crippen molar-refractivity contribution in [1.82, 2.24) is 9.24 Å². The summed E-state index contributed by atoms with van der Waals surface area (Å²) in [4.78, 5) is 0. The number of para-hydroxylation sites is 1. The van der Waals surface area contributed by atoms with Crippen LogP contribution in [0.5, 0.6) is 0 Å². The summed E-state index contributed by atoms with van der Waals surface area (Å²) in [5.74, 6) is 0. The summed E-state index contributed by atoms with van der Waals surface area (Å²) >= 11 is 0. The van der Waals surface area contributed by atoms with Gasteiger partial charge in [-0.15, -0.1) is 0 Å². The Bertz CT molecular complexity index is 928. The summed E-state index contributed by atoms with van der Waals surface area (Å²) in [5.41, 5.74) is 3.67. The summed E-state index contributed by atoms with van der Waals surface area (Å²) in [7, 11) is 4.11. The summed E-state index contributed by atoms with van der Waals surface area (Å²) < 4.78 is 4.42. The molecule has 0 aliphatic carbocycles. The Balaban J connectivity index is 2.03. The Kier molecular flexibility index (Phi) is 2.54. The summed E-state index contributed by atoms with van der Waals surface area (Å²) in [6, 6.07) is 19.3. The molecule has 2 heterocycles. The maximum absolute atomic E-state index is 2.26. The second kappa shape index (κ2) is 4.42. The largest absolute Gasteiger partial charge is 0.319 e. The van der Waals surface area contributed by atoms with Gasteiger partial charge in [-0.05, 0) is 35.7 Å². The topological polar surface area (TPSA) is 13.1 Å². The smallest absolute Gasteiger partial charge is 0.0715 e. The third kappa shape index (κ3) is 1.74. The van der Waals surface area contributed by atoms with Gasteiger partial charge in [0, 0.05) is 31.9 Å². The van der Waals surface area contributed by atoms with Gasteiger partial charge in [-0.2, -0.15) is 0 Å². The molecule has 0 bridgehead atoms. The first-order chi connectivity index (χ1) is 10.3. The predicted octanol–water partition coefficient (Wildman–Crippen LogP) is 3.78. The fourth-order valence-electron chi connectivity index (χ4n) is 2.99. The van der Waals surface area contributed by atoms with Gasteiger partial charge >= 0.3 is 0 Å². The second-order valence-corrected chi connectivity index (χ2v) is 5.46. The Morgan fingerprint density at radius 3 is 2.43 bits per heavy atom. The first-order valence-corrected chi connectivity index (χ1v) is 7.10. The molecule has 3 heteroatoms. The lowest BCUT2D eigenvalue weighted by atomic mass is 10.2. The highest BCUT2D eigenvalue weighted by atomic mass is 15.5. The van der Waals surface area contributed by atoms with E-state index in [2.05, 4.69) is 95.3 Å². The van der Waals surface area contributed by atoms with E-state index in [-0.39, 0.29) is 0 Å². The van der Waals surface area contributed by atoms with Gasteiger partial charge in [-0.1, -0.05) is 24.3 Å². The summed E-state index contributed by atoms with van der Waals surface area (Å²) in [6.45, 7) is 0. The van der Waals surface area contributed by atoms with Gasteiger partial charge in [0.05, 0.1) is 16.7 Å². The molecule has 0 atom stereocenters. The lowest BCUT2D eigenvalue weighted by molar-refractivity contribution is 0.762. The van der Waals surface area contributed by atoms with Crippen molar-refractivity contribution < 1.29 is 0 Å². The Morgan fingerprint density at radius 2 is 1.57 bits per heavy atom. The van der Waals surface area contributed by atoms with Crippen LogP contribution in [0.4, 0.5) is 0 Å². The zero-order chi connectivity index (χ0) is 14.4. The van der Waals surface area contributed by atoms with Crippen LogP contribution < -0.4 is 5.01 Å². The molecule has 0 fully saturated rings. The van der Waals surface area contributed by atoms with E-state index in [1.807, 2.05) is 0 Å². The van der Waals surface area contributed by atoms with Crippen molar-refractivity contribution in [2.75, 3.05) is 19.1 Å². The summed E-state index contributed by atoms with van der Waals surface area (Å²) in [6.07, 6.45) is 4.26. The number of rotatable bonds is 2. The average Bonchev–Trinajstić information content (AvgIpc) is 3.11. The number of hydrogen-bond acceptors (Lipinski definition) is 1. The van der Waals surface area contributed by atoms with Gasteiger partial charge in [0.25, 0.3) is 0 Å². The van der Waals surface area contributed by atoms with Crippen molar-refractivity contribution in [2.45, 2.75) is 0 Å². The minimum atomic E-state index is 1.22. The standard InChI is InChI=1S/C18H17N3/c1-19(2)21-13-11-15-17(8-5-9-18(15)21)20-12-10-14-6-3-4-7-16(14)20/h3-13H,1-2H3. The van der Waals surface area contributed by atoms with Gasteiger partial charge in [-0.3, -0.25) is 4.68 Å². The minimum Gasteiger partial charge on any atom is -0.319 e. The first-order valence-electron chi connectivity index (χ1n) is 7.10. The lowest BCUT2D eigenvalue weighted by Crippen LogP contribution is -2.23. The Labute approximate surface area is 123 Å². The van der Waals surface area contributed by atoms with Crippen molar-refractivity contribution in [3.05, 3.63) is 67.0 Å². The van der Waals surface area contributed by atoms with Gasteiger partial charge in [0.15, 0.2) is 0 Å². The van der Waals surface area contributed by atoms with Crippen LogP contribution in [-0.2, 0) is 0 Å². The van der Waals surface area contributed by atoms with Crippen molar-refractivity contribution in [2.24, 2.45) is 0 Å². The molecule has 0 unspecified atom stereocenters. The van der Waals surface area contributed by atoms with Crippen LogP contribution >= 0.6 is 0 Å². The SMILES string of the molecule is CN(C)n1ccc2c(-n3ccc4ccccc43)cccc21. The number of fused-ring (bicyclic) bond motifs is 2. The highest BCUT2D eigenvalue weighted by Gasteiger charge is 2.09. The molecular formula is C18H17N3. The van der Waals surface area contributed by atoms with Crippen molar-refractivity contribution in [3.8, 4) is 5.69 Å². The highest BCUT2D eigenvalue weighted by Crippen LogP contribution is 2.27. The molecule has 0 radical (unpaired) electrons. The van der Waals surface area contributed by atoms with Gasteiger partial charge < -0.3 is 9.58 Å². The molecule has 4 aromatic rings. The number of benzene rings is 2. The average molecular weight is 275 g/mol. The molecule has 0 aliphatic rings. The molecule has 2 aromatic carbocycles. The first kappa shape index (κ1) is 12.1. The van der Waals surface area contributed by atoms with E-state index >= 15 is 0 Å². The summed E-state index contributed by atoms with van der Waals surface area (Å²) in [5, 5.41) is 4.61. The molecular weight excluding hydrogens is 258 g/mol. The molecule has 0 N–H and O–H groups in total. The maximum atomic E-state index is 2.26. The fourth-order valence-corrected chi connectivity index (χ4v) is 2.99. The van der Waals surface area contributed by atoms with Gasteiger partial charge in [0.1, 0.15) is 0 Å². The highest BCUT2D eigenvalue weighted by molar-refractivity contribution is 5.92. The molecule has 21 heavy (non-hydrogen) atoms. The number of aromatic nitrogens is 2. The third-order valence-electron chi connectivity index (χ3n) is 3.98. The van der Waals surface area contributed by atoms with Gasteiger partial charge in [0.2, 0.25) is 0 Å². The normalized spacial score (nSPS) is 11.3. The molecule has 0 spiro atoms. The van der Waals surface area contributed by atoms with E-state index in [1.54, 1.807) is 0 Å². The molecule has 2 aromatic heterocycles. The maximum Gasteiger partial charge on any atom is 0.0715 e. The molecule has 0 saturated heterocycles. The number of hydrogen-bond donors (Lipinski definition) is 0. The molecule has 0 saturated carbocycles. The van der Waals surface area contributed by atoms with E-state index in [1.165, 1.54) is 27.5 Å². The zero-order valence-corrected chi connectivity index (χ0v) is 12.2. The van der Waals surface area contributed by atoms with Crippen LogP contribution in [0.25, 0.3) is 27.5 Å². The van der Waals surface area contributed by atoms with Crippen LogP contribution in [0, 0.1) is 0 Å². The van der Waals surface area contributed by atoms with Crippen LogP contribution in [0.15, 0.2) is 67.0 Å². The molecule has 3 nitrogen and oxygen atoms in total. The molecule has 0 amide bonds. The van der Waals surface area contributed by atoms with E-state index in [4.69, 9.17) is 0 Å². The zero-order valence-electron chi connectivity index (χ0n) is 12.2. The Hall–Kier alpha value is -2.68. The van der Waals surface area contributed by atoms with Gasteiger partial charge in [-0.25, -0.2) is 0 Å². The molecule has 104 valence electrons. The fraction of sp³-hybridized carbons (Fsp3) is 0.111. The Morgan fingerprint density at radius 1 is 0.762 bits per heavy atom. The second-order valence-electron chi connectivity index (χ2n) is 5.46. The molecule has 4 rings (SSSR count). The van der Waals surface area contributed by atoms with Crippen LogP contribution in [-0.4, -0.2) is 23.3 Å². The van der Waals surface area contributed by atoms with E-state index in [0.717, 1.165) is 0 Å². The van der Waals surface area contributed by atoms with Crippen LogP contribution in [0.1, 0.15) is 0 Å². The lowest BCUT2D eigenvalue weighted by Gasteiger charge is -2.16. The monoisotopic (exact) mass is 275 g/mol. The third-order valence-corrected chi connectivity index (χ3v) is 3.98. The van der Waals surface area contributed by atoms with Crippen LogP contribution in [0.3, 0.4) is 0 Å². The van der Waals surface area contributed by atoms with Crippen molar-refractivity contribution in [3.63, 3.8) is 0 Å². The quantitative estimate of drug-likeness (QED) is 0.542. The minimum absolute atomic E-state index is 1.22. The van der Waals surface area contributed by atoms with Crippen LogP contribution in [0.2, 0.25) is 0 Å².